The monoisotopic (exact) mass is 556 g/mol. The number of rotatable bonds is 22. The zero-order chi connectivity index (χ0) is 24.0. The largest absolute Gasteiger partial charge is 0.348 e. The van der Waals surface area contributed by atoms with Gasteiger partial charge in [0.1, 0.15) is 0 Å². The lowest BCUT2D eigenvalue weighted by Crippen LogP contribution is -2.33. The Kier molecular flexibility index (Phi) is 24.8. The summed E-state index contributed by atoms with van der Waals surface area (Å²) in [5.41, 5.74) is 0. The van der Waals surface area contributed by atoms with Crippen LogP contribution in [-0.4, -0.2) is 43.3 Å². The molecular weight excluding hydrogens is 509 g/mol. The molecule has 0 saturated heterocycles. The van der Waals surface area contributed by atoms with Crippen molar-refractivity contribution in [3.8, 4) is 0 Å². The third-order valence-electron chi connectivity index (χ3n) is 6.05. The normalized spacial score (nSPS) is 12.0. The molecule has 0 N–H and O–H groups in total. The molecule has 8 heteroatoms. The van der Waals surface area contributed by atoms with Crippen molar-refractivity contribution < 1.29 is 0 Å². The van der Waals surface area contributed by atoms with Gasteiger partial charge in [0.05, 0.1) is 33.5 Å². The molecule has 0 spiro atoms. The van der Waals surface area contributed by atoms with E-state index in [4.69, 9.17) is 24.4 Å². The fourth-order valence-corrected chi connectivity index (χ4v) is 6.30. The molecule has 1 atom stereocenters. The summed E-state index contributed by atoms with van der Waals surface area (Å²) in [6.45, 7) is 2.27. The van der Waals surface area contributed by atoms with E-state index in [0.29, 0.717) is 29.4 Å². The highest BCUT2D eigenvalue weighted by Crippen LogP contribution is 2.23. The molecule has 0 bridgehead atoms. The zero-order valence-electron chi connectivity index (χ0n) is 20.2. The molecule has 0 rings (SSSR count). The van der Waals surface area contributed by atoms with Gasteiger partial charge in [-0.3, -0.25) is 0 Å². The average Bonchev–Trinajstić information content (AvgIpc) is 2.80. The van der Waals surface area contributed by atoms with E-state index in [0.717, 1.165) is 16.4 Å². The van der Waals surface area contributed by atoms with Gasteiger partial charge >= 0.3 is 0 Å². The van der Waals surface area contributed by atoms with Gasteiger partial charge in [0.15, 0.2) is 0 Å². The highest BCUT2D eigenvalue weighted by atomic mass is 32.1. The zero-order valence-corrected chi connectivity index (χ0v) is 25.4. The summed E-state index contributed by atoms with van der Waals surface area (Å²) in [7, 11) is 0. The molecule has 0 aromatic rings. The molecule has 32 heavy (non-hydrogen) atoms. The molecule has 0 aromatic carbocycles. The van der Waals surface area contributed by atoms with Gasteiger partial charge in [-0.1, -0.05) is 108 Å². The quantitative estimate of drug-likeness (QED) is 0.0458. The number of thiol groups is 4. The molecular formula is C24H48N2S6. The molecule has 0 radical (unpaired) electrons. The van der Waals surface area contributed by atoms with Crippen molar-refractivity contribution in [2.45, 2.75) is 110 Å². The van der Waals surface area contributed by atoms with E-state index < -0.39 is 0 Å². The van der Waals surface area contributed by atoms with E-state index in [1.165, 1.54) is 96.3 Å². The van der Waals surface area contributed by atoms with Gasteiger partial charge in [-0.2, -0.15) is 50.5 Å². The summed E-state index contributed by atoms with van der Waals surface area (Å²) >= 11 is 28.8. The summed E-state index contributed by atoms with van der Waals surface area (Å²) in [6, 6.07) is 0. The third-order valence-corrected chi connectivity index (χ3v) is 8.47. The van der Waals surface area contributed by atoms with Crippen LogP contribution in [0.3, 0.4) is 0 Å². The van der Waals surface area contributed by atoms with Gasteiger partial charge in [0.2, 0.25) is 0 Å². The van der Waals surface area contributed by atoms with Crippen LogP contribution in [0.25, 0.3) is 0 Å². The summed E-state index contributed by atoms with van der Waals surface area (Å²) < 4.78 is 0. The van der Waals surface area contributed by atoms with E-state index >= 15 is 0 Å². The van der Waals surface area contributed by atoms with Crippen molar-refractivity contribution in [3.63, 3.8) is 0 Å². The van der Waals surface area contributed by atoms with Gasteiger partial charge in [0, 0.05) is 5.92 Å². The van der Waals surface area contributed by atoms with E-state index in [2.05, 4.69) is 62.3 Å². The van der Waals surface area contributed by atoms with Gasteiger partial charge in [-0.05, 0) is 25.7 Å². The minimum Gasteiger partial charge on any atom is -0.348 e. The molecule has 190 valence electrons. The predicted octanol–water partition coefficient (Wildman–Crippen LogP) is 8.67. The molecule has 0 amide bonds. The highest BCUT2D eigenvalue weighted by molar-refractivity contribution is 7.82. The first-order valence-electron chi connectivity index (χ1n) is 12.6. The van der Waals surface area contributed by atoms with Crippen LogP contribution in [0.5, 0.6) is 0 Å². The summed E-state index contributed by atoms with van der Waals surface area (Å²) in [5.74, 6) is 3.16. The maximum Gasteiger partial charge on any atom is 0.0824 e. The second-order valence-electron chi connectivity index (χ2n) is 8.64. The lowest BCUT2D eigenvalue weighted by Gasteiger charge is -2.27. The first-order valence-corrected chi connectivity index (χ1v) is 15.9. The summed E-state index contributed by atoms with van der Waals surface area (Å²) in [4.78, 5) is 6.25. The molecule has 0 fully saturated rings. The minimum absolute atomic E-state index is 0.512. The third kappa shape index (κ3) is 16.7. The van der Waals surface area contributed by atoms with Crippen molar-refractivity contribution in [2.75, 3.05) is 23.5 Å². The molecule has 2 nitrogen and oxygen atoms in total. The lowest BCUT2D eigenvalue weighted by molar-refractivity contribution is 0.447. The number of hydrogen-bond donors (Lipinski definition) is 4. The maximum absolute atomic E-state index is 5.82. The average molecular weight is 557 g/mol. The Hall–Kier alpha value is 1.18. The lowest BCUT2D eigenvalue weighted by atomic mass is 9.93. The standard InChI is InChI=1S/C24H48N2S6/c1-2-3-4-5-9-12-15-22(24(32)26(20-29)21-30)16-13-10-7-6-8-11-14-17-23(31)25(18-27)19-28/h22,27-30H,2-21H2,1H3. The summed E-state index contributed by atoms with van der Waals surface area (Å²) in [6.07, 6.45) is 20.4. The minimum atomic E-state index is 0.512. The van der Waals surface area contributed by atoms with Crippen LogP contribution in [0, 0.1) is 5.92 Å². The van der Waals surface area contributed by atoms with Gasteiger partial charge in [-0.25, -0.2) is 0 Å². The second-order valence-corrected chi connectivity index (χ2v) is 10.7. The molecule has 1 unspecified atom stereocenters. The van der Waals surface area contributed by atoms with Crippen LogP contribution >= 0.6 is 75.0 Å². The van der Waals surface area contributed by atoms with E-state index in [1.807, 2.05) is 4.90 Å². The smallest absolute Gasteiger partial charge is 0.0824 e. The van der Waals surface area contributed by atoms with Crippen LogP contribution in [0.2, 0.25) is 0 Å². The number of hydrogen-bond acceptors (Lipinski definition) is 6. The van der Waals surface area contributed by atoms with Crippen LogP contribution < -0.4 is 0 Å². The van der Waals surface area contributed by atoms with Crippen LogP contribution in [0.4, 0.5) is 0 Å². The molecule has 0 aliphatic heterocycles. The second kappa shape index (κ2) is 23.9. The van der Waals surface area contributed by atoms with E-state index in [1.54, 1.807) is 0 Å². The fourth-order valence-electron chi connectivity index (χ4n) is 3.92. The van der Waals surface area contributed by atoms with E-state index in [-0.39, 0.29) is 0 Å². The Morgan fingerprint density at radius 2 is 1.00 bits per heavy atom. The van der Waals surface area contributed by atoms with Crippen LogP contribution in [0.1, 0.15) is 110 Å². The van der Waals surface area contributed by atoms with Crippen molar-refractivity contribution >= 4 is 84.9 Å². The molecule has 0 saturated carbocycles. The van der Waals surface area contributed by atoms with Crippen molar-refractivity contribution in [1.82, 2.24) is 9.80 Å². The first-order chi connectivity index (χ1) is 15.5. The Balaban J connectivity index is 4.06. The SMILES string of the molecule is CCCCCCCCC(CCCCCCCCCC(=S)N(CS)CS)C(=S)N(CS)CS. The molecule has 0 aliphatic rings. The van der Waals surface area contributed by atoms with Crippen molar-refractivity contribution in [1.29, 1.82) is 0 Å². The number of unbranched alkanes of at least 4 members (excludes halogenated alkanes) is 11. The number of thiocarbonyl (C=S) groups is 2. The Labute approximate surface area is 232 Å². The van der Waals surface area contributed by atoms with Gasteiger partial charge < -0.3 is 9.80 Å². The Morgan fingerprint density at radius 3 is 1.44 bits per heavy atom. The van der Waals surface area contributed by atoms with Crippen LogP contribution in [0.15, 0.2) is 0 Å². The number of nitrogens with zero attached hydrogens (tertiary/aromatic N) is 2. The Bertz CT molecular complexity index is 456. The molecule has 0 aromatic heterocycles. The van der Waals surface area contributed by atoms with Crippen molar-refractivity contribution in [3.05, 3.63) is 0 Å². The Morgan fingerprint density at radius 1 is 0.594 bits per heavy atom. The highest BCUT2D eigenvalue weighted by Gasteiger charge is 2.18. The van der Waals surface area contributed by atoms with Crippen LogP contribution in [-0.2, 0) is 0 Å². The fraction of sp³-hybridized carbons (Fsp3) is 0.917. The predicted molar refractivity (Wildman–Crippen MR) is 167 cm³/mol. The first kappa shape index (κ1) is 33.2. The van der Waals surface area contributed by atoms with E-state index in [9.17, 15) is 0 Å². The molecule has 0 aliphatic carbocycles. The maximum atomic E-state index is 5.82. The van der Waals surface area contributed by atoms with Gasteiger partial charge in [-0.15, -0.1) is 0 Å². The van der Waals surface area contributed by atoms with Crippen molar-refractivity contribution in [2.24, 2.45) is 5.92 Å². The summed E-state index contributed by atoms with van der Waals surface area (Å²) in [5, 5.41) is 0. The molecule has 0 heterocycles. The van der Waals surface area contributed by atoms with Gasteiger partial charge in [0.25, 0.3) is 0 Å². The topological polar surface area (TPSA) is 6.48 Å².